The summed E-state index contributed by atoms with van der Waals surface area (Å²) in [7, 11) is 0. The highest BCUT2D eigenvalue weighted by atomic mass is 19.4. The van der Waals surface area contributed by atoms with Gasteiger partial charge in [-0.1, -0.05) is 60.7 Å². The van der Waals surface area contributed by atoms with Crippen LogP contribution in [0.1, 0.15) is 36.0 Å². The molecule has 1 saturated heterocycles. The monoisotopic (exact) mass is 502 g/mol. The molecule has 0 saturated carbocycles. The molecular formula is C27H29F3N2O4. The van der Waals surface area contributed by atoms with Crippen molar-refractivity contribution in [3.63, 3.8) is 0 Å². The lowest BCUT2D eigenvalue weighted by atomic mass is 9.89. The van der Waals surface area contributed by atoms with Crippen LogP contribution < -0.4 is 5.32 Å². The van der Waals surface area contributed by atoms with Crippen molar-refractivity contribution in [3.05, 3.63) is 83.4 Å². The van der Waals surface area contributed by atoms with Gasteiger partial charge in [0.2, 0.25) is 5.91 Å². The number of Topliss-reactive ketones (excluding diaryl/α,β-unsaturated/α-hetero) is 1. The van der Waals surface area contributed by atoms with Gasteiger partial charge in [0.25, 0.3) is 0 Å². The molecule has 2 aromatic carbocycles. The van der Waals surface area contributed by atoms with Crippen molar-refractivity contribution >= 4 is 17.7 Å². The first-order valence-corrected chi connectivity index (χ1v) is 11.8. The fourth-order valence-electron chi connectivity index (χ4n) is 4.04. The average Bonchev–Trinajstić information content (AvgIpc) is 3.24. The van der Waals surface area contributed by atoms with Crippen LogP contribution in [-0.2, 0) is 33.9 Å². The van der Waals surface area contributed by atoms with Crippen LogP contribution in [0.3, 0.4) is 0 Å². The molecule has 0 unspecified atom stereocenters. The Hall–Kier alpha value is -3.46. The molecule has 2 aliphatic heterocycles. The van der Waals surface area contributed by atoms with Crippen LogP contribution in [0.2, 0.25) is 0 Å². The minimum Gasteiger partial charge on any atom is -0.475 e. The quantitative estimate of drug-likeness (QED) is 0.526. The summed E-state index contributed by atoms with van der Waals surface area (Å²) in [5, 5.41) is 10.3. The molecule has 2 aliphatic rings. The lowest BCUT2D eigenvalue weighted by molar-refractivity contribution is -0.192. The molecule has 0 aromatic heterocycles. The molecule has 2 heterocycles. The van der Waals surface area contributed by atoms with E-state index in [0.717, 1.165) is 25.8 Å². The van der Waals surface area contributed by atoms with Crippen molar-refractivity contribution in [2.24, 2.45) is 5.92 Å². The van der Waals surface area contributed by atoms with Gasteiger partial charge in [-0.15, -0.1) is 0 Å². The van der Waals surface area contributed by atoms with E-state index in [-0.39, 0.29) is 23.7 Å². The van der Waals surface area contributed by atoms with Crippen molar-refractivity contribution in [2.75, 3.05) is 6.54 Å². The van der Waals surface area contributed by atoms with Gasteiger partial charge in [0.05, 0.1) is 6.04 Å². The van der Waals surface area contributed by atoms with Crippen LogP contribution in [0.15, 0.2) is 66.7 Å². The van der Waals surface area contributed by atoms with Crippen LogP contribution in [0.25, 0.3) is 0 Å². The molecule has 6 nitrogen and oxygen atoms in total. The number of nitrogens with one attached hydrogen (secondary N) is 1. The predicted octanol–water partition coefficient (Wildman–Crippen LogP) is 4.29. The zero-order valence-electron chi connectivity index (χ0n) is 19.7. The maximum atomic E-state index is 12.7. The second-order valence-corrected chi connectivity index (χ2v) is 8.88. The normalized spacial score (nSPS) is 17.5. The third kappa shape index (κ3) is 8.05. The fourth-order valence-corrected chi connectivity index (χ4v) is 4.04. The average molecular weight is 503 g/mol. The number of halogens is 3. The lowest BCUT2D eigenvalue weighted by Gasteiger charge is -2.27. The van der Waals surface area contributed by atoms with Crippen molar-refractivity contribution in [2.45, 2.75) is 51.0 Å². The Bertz CT molecular complexity index is 1060. The number of alkyl halides is 3. The van der Waals surface area contributed by atoms with Crippen LogP contribution in [0.5, 0.6) is 0 Å². The Morgan fingerprint density at radius 2 is 1.58 bits per heavy atom. The Morgan fingerprint density at radius 3 is 2.08 bits per heavy atom. The summed E-state index contributed by atoms with van der Waals surface area (Å²) in [6.45, 7) is 2.26. The van der Waals surface area contributed by atoms with E-state index >= 15 is 0 Å². The molecule has 36 heavy (non-hydrogen) atoms. The summed E-state index contributed by atoms with van der Waals surface area (Å²) in [6, 6.07) is 18.5. The third-order valence-corrected chi connectivity index (χ3v) is 6.23. The number of carboxylic acid groups (broad SMARTS) is 1. The first-order chi connectivity index (χ1) is 17.1. The highest BCUT2D eigenvalue weighted by molar-refractivity contribution is 5.88. The zero-order chi connectivity index (χ0) is 26.1. The second kappa shape index (κ2) is 12.5. The van der Waals surface area contributed by atoms with E-state index in [9.17, 15) is 22.8 Å². The van der Waals surface area contributed by atoms with Gasteiger partial charge in [0.15, 0.2) is 0 Å². The maximum absolute atomic E-state index is 12.7. The van der Waals surface area contributed by atoms with Gasteiger partial charge in [-0.05, 0) is 54.5 Å². The first kappa shape index (κ1) is 27.1. The minimum absolute atomic E-state index is 0.00593. The van der Waals surface area contributed by atoms with Crippen LogP contribution in [0, 0.1) is 5.92 Å². The Balaban J connectivity index is 0.000000454. The molecular weight excluding hydrogens is 473 g/mol. The van der Waals surface area contributed by atoms with Gasteiger partial charge in [-0.25, -0.2) is 4.79 Å². The second-order valence-electron chi connectivity index (χ2n) is 8.88. The molecule has 9 heteroatoms. The summed E-state index contributed by atoms with van der Waals surface area (Å²) in [5.41, 5.74) is 3.71. The molecule has 1 amide bonds. The number of aryl methyl sites for hydroxylation is 1. The predicted molar refractivity (Wildman–Crippen MR) is 128 cm³/mol. The fraction of sp³-hybridized carbons (Fsp3) is 0.370. The van der Waals surface area contributed by atoms with Crippen molar-refractivity contribution in [1.82, 2.24) is 10.2 Å². The summed E-state index contributed by atoms with van der Waals surface area (Å²) < 4.78 is 31.7. The van der Waals surface area contributed by atoms with E-state index in [2.05, 4.69) is 29.6 Å². The molecule has 2 aromatic rings. The number of carbonyl (C=O) groups is 3. The number of amides is 1. The van der Waals surface area contributed by atoms with Gasteiger partial charge in [-0.2, -0.15) is 13.2 Å². The van der Waals surface area contributed by atoms with Gasteiger partial charge < -0.3 is 15.3 Å². The molecule has 0 radical (unpaired) electrons. The third-order valence-electron chi connectivity index (χ3n) is 6.23. The minimum atomic E-state index is -5.08. The van der Waals surface area contributed by atoms with Crippen molar-refractivity contribution in [3.8, 4) is 0 Å². The van der Waals surface area contributed by atoms with Crippen LogP contribution in [-0.4, -0.2) is 46.4 Å². The molecule has 0 spiro atoms. The van der Waals surface area contributed by atoms with E-state index in [1.54, 1.807) is 6.08 Å². The number of hydrogen-bond donors (Lipinski definition) is 2. The smallest absolute Gasteiger partial charge is 0.475 e. The first-order valence-electron chi connectivity index (χ1n) is 11.8. The number of hydrogen-bond acceptors (Lipinski definition) is 4. The lowest BCUT2D eigenvalue weighted by Crippen LogP contribution is -2.48. The topological polar surface area (TPSA) is 86.7 Å². The number of ketones is 1. The summed E-state index contributed by atoms with van der Waals surface area (Å²) in [5.74, 6) is -2.38. The van der Waals surface area contributed by atoms with E-state index in [4.69, 9.17) is 9.90 Å². The zero-order valence-corrected chi connectivity index (χ0v) is 19.7. The Kier molecular flexibility index (Phi) is 9.41. The summed E-state index contributed by atoms with van der Waals surface area (Å²) >= 11 is 0. The largest absolute Gasteiger partial charge is 0.490 e. The molecule has 4 rings (SSSR count). The number of aliphatic carboxylic acids is 1. The van der Waals surface area contributed by atoms with Gasteiger partial charge in [0, 0.05) is 19.5 Å². The molecule has 2 N–H and O–H groups in total. The number of rotatable bonds is 8. The molecule has 192 valence electrons. The molecule has 2 atom stereocenters. The van der Waals surface area contributed by atoms with E-state index in [0.29, 0.717) is 19.5 Å². The van der Waals surface area contributed by atoms with E-state index in [1.807, 2.05) is 41.3 Å². The number of fused-ring (bicyclic) bond motifs is 1. The number of carboxylic acids is 1. The SMILES string of the molecule is O=C(C[C@H](/C=C/C(=O)N1Cc2ccccc2C1)CCc1ccccc1)[C@@H]1CCN1.O=C(O)C(F)(F)F. The van der Waals surface area contributed by atoms with E-state index in [1.165, 1.54) is 16.7 Å². The molecule has 0 aliphatic carbocycles. The Morgan fingerprint density at radius 1 is 1.03 bits per heavy atom. The number of benzene rings is 2. The highest BCUT2D eigenvalue weighted by Gasteiger charge is 2.38. The van der Waals surface area contributed by atoms with Gasteiger partial charge in [0.1, 0.15) is 5.78 Å². The number of allylic oxidation sites excluding steroid dienone is 1. The standard InChI is InChI=1S/C25H28N2O2.C2HF3O2/c28-24(23-14-15-26-23)16-20(11-10-19-6-2-1-3-7-19)12-13-25(29)27-17-21-8-4-5-9-22(21)18-27;3-2(4,5)1(6)7/h1-9,12-13,20,23,26H,10-11,14-18H2;(H,6,7)/b13-12+;/t20-,23-;/m0./s1. The van der Waals surface area contributed by atoms with Crippen LogP contribution >= 0.6 is 0 Å². The Labute approximate surface area is 207 Å². The number of carbonyl (C=O) groups excluding carboxylic acids is 2. The van der Waals surface area contributed by atoms with Gasteiger partial charge in [-0.3, -0.25) is 9.59 Å². The van der Waals surface area contributed by atoms with E-state index < -0.39 is 12.1 Å². The summed E-state index contributed by atoms with van der Waals surface area (Å²) in [6.07, 6.45) is 1.76. The van der Waals surface area contributed by atoms with Crippen molar-refractivity contribution in [1.29, 1.82) is 0 Å². The summed E-state index contributed by atoms with van der Waals surface area (Å²) in [4.78, 5) is 36.0. The molecule has 1 fully saturated rings. The highest BCUT2D eigenvalue weighted by Crippen LogP contribution is 2.23. The molecule has 0 bridgehead atoms. The van der Waals surface area contributed by atoms with Gasteiger partial charge >= 0.3 is 12.1 Å². The number of nitrogens with zero attached hydrogens (tertiary/aromatic N) is 1. The maximum Gasteiger partial charge on any atom is 0.490 e. The van der Waals surface area contributed by atoms with Crippen molar-refractivity contribution < 1.29 is 32.7 Å². The van der Waals surface area contributed by atoms with Crippen LogP contribution in [0.4, 0.5) is 13.2 Å².